The van der Waals surface area contributed by atoms with E-state index in [0.717, 1.165) is 11.8 Å². The molecule has 0 bridgehead atoms. The number of thiophene rings is 1. The Morgan fingerprint density at radius 3 is 2.85 bits per heavy atom. The number of hydrogen-bond donors (Lipinski definition) is 2. The first-order valence-electron chi connectivity index (χ1n) is 5.80. The predicted molar refractivity (Wildman–Crippen MR) is 77.9 cm³/mol. The van der Waals surface area contributed by atoms with Gasteiger partial charge in [-0.1, -0.05) is 6.07 Å². The van der Waals surface area contributed by atoms with E-state index in [0.29, 0.717) is 16.3 Å². The first kappa shape index (κ1) is 14.0. The van der Waals surface area contributed by atoms with Crippen molar-refractivity contribution in [3.8, 4) is 0 Å². The van der Waals surface area contributed by atoms with E-state index in [1.165, 1.54) is 17.4 Å². The van der Waals surface area contributed by atoms with E-state index >= 15 is 0 Å². The number of aliphatic carboxylic acids is 1. The minimum atomic E-state index is -1.05. The molecule has 102 valence electrons. The molecule has 0 atom stereocenters. The Morgan fingerprint density at radius 1 is 1.35 bits per heavy atom. The minimum absolute atomic E-state index is 0.303. The number of amides is 1. The van der Waals surface area contributed by atoms with Gasteiger partial charge in [0.05, 0.1) is 4.88 Å². The van der Waals surface area contributed by atoms with Crippen LogP contribution in [0, 0.1) is 6.92 Å². The van der Waals surface area contributed by atoms with Crippen LogP contribution in [0.4, 0.5) is 5.82 Å². The van der Waals surface area contributed by atoms with Gasteiger partial charge in [-0.25, -0.2) is 9.78 Å². The first-order chi connectivity index (χ1) is 9.56. The summed E-state index contributed by atoms with van der Waals surface area (Å²) >= 11 is 1.25. The number of nitrogens with zero attached hydrogens (tertiary/aromatic N) is 1. The van der Waals surface area contributed by atoms with Crippen molar-refractivity contribution in [3.05, 3.63) is 51.9 Å². The van der Waals surface area contributed by atoms with Gasteiger partial charge in [0, 0.05) is 11.8 Å². The van der Waals surface area contributed by atoms with Gasteiger partial charge in [-0.3, -0.25) is 4.79 Å². The van der Waals surface area contributed by atoms with Crippen molar-refractivity contribution in [2.24, 2.45) is 0 Å². The number of hydrogen-bond acceptors (Lipinski definition) is 4. The van der Waals surface area contributed by atoms with Crippen LogP contribution in [0.2, 0.25) is 0 Å². The Morgan fingerprint density at radius 2 is 2.15 bits per heavy atom. The standard InChI is InChI=1S/C14H12N2O3S/c1-9-3-2-4-11(15-9)16-14(19)13-10(7-8-20-13)5-6-12(17)18/h2-8H,1H3,(H,17,18)(H,15,16,19). The van der Waals surface area contributed by atoms with Crippen molar-refractivity contribution in [1.82, 2.24) is 4.98 Å². The highest BCUT2D eigenvalue weighted by atomic mass is 32.1. The molecule has 2 N–H and O–H groups in total. The van der Waals surface area contributed by atoms with Crippen LogP contribution in [0.1, 0.15) is 20.9 Å². The number of aromatic nitrogens is 1. The average Bonchev–Trinajstić information content (AvgIpc) is 2.84. The molecule has 0 aliphatic heterocycles. The van der Waals surface area contributed by atoms with Crippen LogP contribution in [-0.4, -0.2) is 22.0 Å². The molecule has 5 nitrogen and oxygen atoms in total. The van der Waals surface area contributed by atoms with E-state index in [1.54, 1.807) is 23.6 Å². The van der Waals surface area contributed by atoms with E-state index < -0.39 is 5.97 Å². The molecule has 0 spiro atoms. The summed E-state index contributed by atoms with van der Waals surface area (Å²) in [6.07, 6.45) is 2.40. The number of anilines is 1. The largest absolute Gasteiger partial charge is 0.478 e. The van der Waals surface area contributed by atoms with Crippen LogP contribution in [0.5, 0.6) is 0 Å². The first-order valence-corrected chi connectivity index (χ1v) is 6.68. The maximum Gasteiger partial charge on any atom is 0.328 e. The zero-order chi connectivity index (χ0) is 14.5. The Bertz CT molecular complexity index is 677. The Labute approximate surface area is 119 Å². The lowest BCUT2D eigenvalue weighted by molar-refractivity contribution is -0.131. The van der Waals surface area contributed by atoms with Crippen LogP contribution in [0.3, 0.4) is 0 Å². The van der Waals surface area contributed by atoms with E-state index in [-0.39, 0.29) is 5.91 Å². The number of carboxylic acids is 1. The van der Waals surface area contributed by atoms with E-state index in [2.05, 4.69) is 10.3 Å². The maximum absolute atomic E-state index is 12.1. The van der Waals surface area contributed by atoms with Gasteiger partial charge < -0.3 is 10.4 Å². The molecule has 2 aromatic heterocycles. The van der Waals surface area contributed by atoms with Gasteiger partial charge in [0.2, 0.25) is 0 Å². The van der Waals surface area contributed by atoms with Gasteiger partial charge in [0.25, 0.3) is 5.91 Å². The second-order valence-electron chi connectivity index (χ2n) is 3.99. The summed E-state index contributed by atoms with van der Waals surface area (Å²) < 4.78 is 0. The third-order valence-electron chi connectivity index (χ3n) is 2.44. The zero-order valence-corrected chi connectivity index (χ0v) is 11.5. The highest BCUT2D eigenvalue weighted by molar-refractivity contribution is 7.12. The fraction of sp³-hybridized carbons (Fsp3) is 0.0714. The molecule has 2 rings (SSSR count). The van der Waals surface area contributed by atoms with Crippen molar-refractivity contribution in [2.45, 2.75) is 6.92 Å². The van der Waals surface area contributed by atoms with Gasteiger partial charge in [0.15, 0.2) is 0 Å². The Kier molecular flexibility index (Phi) is 4.27. The van der Waals surface area contributed by atoms with Gasteiger partial charge in [-0.15, -0.1) is 11.3 Å². The van der Waals surface area contributed by atoms with Crippen LogP contribution in [0.15, 0.2) is 35.7 Å². The molecule has 0 unspecified atom stereocenters. The highest BCUT2D eigenvalue weighted by Crippen LogP contribution is 2.19. The molecule has 0 fully saturated rings. The molecule has 6 heteroatoms. The number of aryl methyl sites for hydroxylation is 1. The molecule has 0 saturated carbocycles. The van der Waals surface area contributed by atoms with Crippen molar-refractivity contribution in [3.63, 3.8) is 0 Å². The molecule has 1 amide bonds. The predicted octanol–water partition coefficient (Wildman–Crippen LogP) is 2.80. The number of pyridine rings is 1. The molecule has 20 heavy (non-hydrogen) atoms. The van der Waals surface area contributed by atoms with Crippen LogP contribution in [0.25, 0.3) is 6.08 Å². The third-order valence-corrected chi connectivity index (χ3v) is 3.37. The lowest BCUT2D eigenvalue weighted by Crippen LogP contribution is -2.12. The van der Waals surface area contributed by atoms with Gasteiger partial charge >= 0.3 is 5.97 Å². The number of rotatable bonds is 4. The summed E-state index contributed by atoms with van der Waals surface area (Å²) in [7, 11) is 0. The molecule has 0 radical (unpaired) electrons. The maximum atomic E-state index is 12.1. The molecular formula is C14H12N2O3S. The topological polar surface area (TPSA) is 79.3 Å². The SMILES string of the molecule is Cc1cccc(NC(=O)c2sccc2C=CC(=O)O)n1. The van der Waals surface area contributed by atoms with Crippen LogP contribution < -0.4 is 5.32 Å². The summed E-state index contributed by atoms with van der Waals surface area (Å²) in [5.41, 5.74) is 1.38. The Balaban J connectivity index is 2.18. The summed E-state index contributed by atoms with van der Waals surface area (Å²) in [6.45, 7) is 1.84. The fourth-order valence-electron chi connectivity index (χ4n) is 1.58. The van der Waals surface area contributed by atoms with E-state index in [4.69, 9.17) is 5.11 Å². The molecular weight excluding hydrogens is 276 g/mol. The van der Waals surface area contributed by atoms with Gasteiger partial charge in [-0.05, 0) is 42.1 Å². The van der Waals surface area contributed by atoms with Crippen LogP contribution in [-0.2, 0) is 4.79 Å². The van der Waals surface area contributed by atoms with E-state index in [9.17, 15) is 9.59 Å². The molecule has 2 heterocycles. The zero-order valence-electron chi connectivity index (χ0n) is 10.7. The quantitative estimate of drug-likeness (QED) is 0.848. The number of carboxylic acid groups (broad SMARTS) is 1. The number of carbonyl (C=O) groups is 2. The molecule has 0 aliphatic carbocycles. The Hall–Kier alpha value is -2.47. The van der Waals surface area contributed by atoms with Crippen molar-refractivity contribution in [2.75, 3.05) is 5.32 Å². The average molecular weight is 288 g/mol. The second kappa shape index (κ2) is 6.12. The lowest BCUT2D eigenvalue weighted by atomic mass is 10.2. The molecule has 0 saturated heterocycles. The monoisotopic (exact) mass is 288 g/mol. The van der Waals surface area contributed by atoms with Crippen molar-refractivity contribution in [1.29, 1.82) is 0 Å². The molecule has 0 aromatic carbocycles. The summed E-state index contributed by atoms with van der Waals surface area (Å²) in [4.78, 5) is 27.3. The van der Waals surface area contributed by atoms with Crippen molar-refractivity contribution >= 4 is 35.1 Å². The summed E-state index contributed by atoms with van der Waals surface area (Å²) in [5, 5.41) is 13.0. The van der Waals surface area contributed by atoms with Crippen LogP contribution >= 0.6 is 11.3 Å². The summed E-state index contributed by atoms with van der Waals surface area (Å²) in [5.74, 6) is -0.886. The van der Waals surface area contributed by atoms with Crippen molar-refractivity contribution < 1.29 is 14.7 Å². The molecule has 2 aromatic rings. The normalized spacial score (nSPS) is 10.7. The minimum Gasteiger partial charge on any atom is -0.478 e. The summed E-state index contributed by atoms with van der Waals surface area (Å²) in [6, 6.07) is 7.04. The van der Waals surface area contributed by atoms with Gasteiger partial charge in [-0.2, -0.15) is 0 Å². The number of carbonyl (C=O) groups excluding carboxylic acids is 1. The third kappa shape index (κ3) is 3.52. The molecule has 0 aliphatic rings. The lowest BCUT2D eigenvalue weighted by Gasteiger charge is -2.04. The highest BCUT2D eigenvalue weighted by Gasteiger charge is 2.12. The second-order valence-corrected chi connectivity index (χ2v) is 4.91. The van der Waals surface area contributed by atoms with Gasteiger partial charge in [0.1, 0.15) is 5.82 Å². The van der Waals surface area contributed by atoms with E-state index in [1.807, 2.05) is 13.0 Å². The fourth-order valence-corrected chi connectivity index (χ4v) is 2.36. The number of nitrogens with one attached hydrogen (secondary N) is 1. The smallest absolute Gasteiger partial charge is 0.328 e.